The van der Waals surface area contributed by atoms with Gasteiger partial charge in [0.15, 0.2) is 0 Å². The van der Waals surface area contributed by atoms with Gasteiger partial charge >= 0.3 is 11.9 Å². The van der Waals surface area contributed by atoms with Gasteiger partial charge in [-0.3, -0.25) is 19.2 Å². The predicted octanol–water partition coefficient (Wildman–Crippen LogP) is 4.20. The molecule has 1 unspecified atom stereocenters. The maximum Gasteiger partial charge on any atom is 0.303 e. The van der Waals surface area contributed by atoms with Crippen LogP contribution < -0.4 is 16.0 Å². The molecule has 5 atom stereocenters. The van der Waals surface area contributed by atoms with E-state index >= 15 is 0 Å². The van der Waals surface area contributed by atoms with E-state index in [0.717, 1.165) is 68.4 Å². The van der Waals surface area contributed by atoms with Crippen molar-refractivity contribution in [3.05, 3.63) is 56.2 Å². The molecule has 0 saturated carbocycles. The molecular formula is C33H42N4O6S2. The van der Waals surface area contributed by atoms with Gasteiger partial charge in [-0.15, -0.1) is 0 Å². The number of amides is 2. The van der Waals surface area contributed by atoms with Crippen molar-refractivity contribution in [1.82, 2.24) is 20.9 Å². The van der Waals surface area contributed by atoms with Crippen LogP contribution in [0.1, 0.15) is 75.4 Å². The van der Waals surface area contributed by atoms with Crippen LogP contribution in [0.3, 0.4) is 0 Å². The number of carboxylic acids is 2. The number of hydrogen-bond acceptors (Lipinski definition) is 7. The smallest absolute Gasteiger partial charge is 0.303 e. The van der Waals surface area contributed by atoms with Crippen molar-refractivity contribution in [3.8, 4) is 0 Å². The van der Waals surface area contributed by atoms with Crippen LogP contribution in [-0.2, 0) is 25.6 Å². The highest BCUT2D eigenvalue weighted by atomic mass is 32.2. The molecule has 0 aliphatic carbocycles. The summed E-state index contributed by atoms with van der Waals surface area (Å²) >= 11 is 6.17. The van der Waals surface area contributed by atoms with E-state index in [1.54, 1.807) is 11.8 Å². The third kappa shape index (κ3) is 6.91. The Kier molecular flexibility index (Phi) is 9.93. The second-order valence-electron chi connectivity index (χ2n) is 12.3. The van der Waals surface area contributed by atoms with E-state index in [9.17, 15) is 29.4 Å². The van der Waals surface area contributed by atoms with Crippen molar-refractivity contribution >= 4 is 60.3 Å². The van der Waals surface area contributed by atoms with Crippen LogP contribution in [0.15, 0.2) is 33.7 Å². The highest BCUT2D eigenvalue weighted by Gasteiger charge is 2.41. The number of H-pyrrole nitrogens is 1. The number of carbonyl (C=O) groups excluding carboxylic acids is 2. The molecule has 0 aromatic carbocycles. The fraction of sp³-hybridized carbons (Fsp3) is 0.515. The number of aromatic amines is 1. The van der Waals surface area contributed by atoms with Gasteiger partial charge in [-0.1, -0.05) is 6.92 Å². The van der Waals surface area contributed by atoms with Gasteiger partial charge in [0.2, 0.25) is 11.8 Å². The Hall–Kier alpha value is -3.38. The van der Waals surface area contributed by atoms with E-state index in [-0.39, 0.29) is 53.8 Å². The van der Waals surface area contributed by atoms with Crippen molar-refractivity contribution in [2.75, 3.05) is 11.5 Å². The zero-order valence-electron chi connectivity index (χ0n) is 26.1. The number of thiol groups is 1. The van der Waals surface area contributed by atoms with Crippen LogP contribution in [0.25, 0.3) is 12.2 Å². The molecule has 4 aliphatic heterocycles. The summed E-state index contributed by atoms with van der Waals surface area (Å²) in [5, 5.41) is 29.1. The lowest BCUT2D eigenvalue weighted by molar-refractivity contribution is -0.138. The Morgan fingerprint density at radius 2 is 1.62 bits per heavy atom. The van der Waals surface area contributed by atoms with Crippen LogP contribution in [0, 0.1) is 18.8 Å². The average Bonchev–Trinajstić information content (AvgIpc) is 3.53. The third-order valence-electron chi connectivity index (χ3n) is 9.62. The van der Waals surface area contributed by atoms with Crippen LogP contribution >= 0.6 is 24.4 Å². The van der Waals surface area contributed by atoms with E-state index in [2.05, 4.69) is 33.6 Å². The van der Waals surface area contributed by atoms with Crippen molar-refractivity contribution in [2.24, 2.45) is 11.8 Å². The number of aliphatic carboxylic acids is 2. The second kappa shape index (κ2) is 13.5. The number of nitrogens with one attached hydrogen (secondary N) is 4. The summed E-state index contributed by atoms with van der Waals surface area (Å²) in [7, 11) is 0. The molecule has 10 nitrogen and oxygen atoms in total. The third-order valence-corrected chi connectivity index (χ3v) is 10.9. The normalized spacial score (nSPS) is 27.9. The number of carboxylic acid groups (broad SMARTS) is 2. The quantitative estimate of drug-likeness (QED) is 0.123. The number of hydrogen-bond donors (Lipinski definition) is 7. The van der Waals surface area contributed by atoms with Crippen molar-refractivity contribution in [1.29, 1.82) is 0 Å². The predicted molar refractivity (Wildman–Crippen MR) is 179 cm³/mol. The van der Waals surface area contributed by atoms with Gasteiger partial charge in [0.1, 0.15) is 0 Å². The van der Waals surface area contributed by atoms with E-state index in [4.69, 9.17) is 0 Å². The van der Waals surface area contributed by atoms with Crippen LogP contribution in [0.2, 0.25) is 0 Å². The summed E-state index contributed by atoms with van der Waals surface area (Å²) in [6, 6.07) is -0.212. The summed E-state index contributed by atoms with van der Waals surface area (Å²) in [6.45, 7) is 8.02. The van der Waals surface area contributed by atoms with Gasteiger partial charge in [-0.2, -0.15) is 24.4 Å². The fourth-order valence-corrected chi connectivity index (χ4v) is 8.06. The van der Waals surface area contributed by atoms with Gasteiger partial charge in [-0.25, -0.2) is 0 Å². The minimum atomic E-state index is -0.900. The van der Waals surface area contributed by atoms with Crippen molar-refractivity contribution < 1.29 is 29.4 Å². The molecule has 1 aromatic heterocycles. The lowest BCUT2D eigenvalue weighted by atomic mass is 9.91. The van der Waals surface area contributed by atoms with E-state index < -0.39 is 11.9 Å². The lowest BCUT2D eigenvalue weighted by Crippen LogP contribution is -2.36. The van der Waals surface area contributed by atoms with Gasteiger partial charge in [0.25, 0.3) is 0 Å². The summed E-state index contributed by atoms with van der Waals surface area (Å²) in [5.41, 5.74) is 8.80. The molecule has 12 heteroatoms. The first-order chi connectivity index (χ1) is 21.4. The van der Waals surface area contributed by atoms with Gasteiger partial charge in [0.05, 0.1) is 12.0 Å². The molecule has 242 valence electrons. The number of carbonyl (C=O) groups is 4. The molecule has 6 N–H and O–H groups in total. The molecule has 0 bridgehead atoms. The molecule has 0 radical (unpaired) electrons. The maximum atomic E-state index is 12.7. The van der Waals surface area contributed by atoms with Gasteiger partial charge in [0, 0.05) is 69.9 Å². The largest absolute Gasteiger partial charge is 0.481 e. The summed E-state index contributed by atoms with van der Waals surface area (Å²) < 4.78 is 0. The lowest BCUT2D eigenvalue weighted by Gasteiger charge is -2.20. The number of aromatic nitrogens is 1. The Morgan fingerprint density at radius 1 is 0.956 bits per heavy atom. The SMILES string of the molecule is CC[C@H]1/C(=C/c2[nH]c(/C=C3\NC(C[C@H]4NC(=O)C([C@H]5CS5)=C4C)C(C)=C3CCC(=O)O)c(CCC(=O)O)c2C)NC(=O)[C@@H]1CS. The topological polar surface area (TPSA) is 161 Å². The molecule has 2 saturated heterocycles. The van der Waals surface area contributed by atoms with E-state index in [1.165, 1.54) is 0 Å². The Morgan fingerprint density at radius 3 is 2.24 bits per heavy atom. The second-order valence-corrected chi connectivity index (χ2v) is 13.9. The number of rotatable bonds is 13. The minimum absolute atomic E-state index is 0.00466. The first kappa shape index (κ1) is 33.0. The zero-order chi connectivity index (χ0) is 32.6. The van der Waals surface area contributed by atoms with E-state index in [0.29, 0.717) is 25.0 Å². The monoisotopic (exact) mass is 654 g/mol. The molecule has 2 amide bonds. The Labute approximate surface area is 273 Å². The summed E-state index contributed by atoms with van der Waals surface area (Å²) in [6.07, 6.45) is 5.87. The average molecular weight is 655 g/mol. The summed E-state index contributed by atoms with van der Waals surface area (Å²) in [4.78, 5) is 52.0. The molecule has 45 heavy (non-hydrogen) atoms. The highest BCUT2D eigenvalue weighted by molar-refractivity contribution is 8.07. The van der Waals surface area contributed by atoms with Crippen LogP contribution in [-0.4, -0.2) is 67.8 Å². The first-order valence-electron chi connectivity index (χ1n) is 15.5. The van der Waals surface area contributed by atoms with Crippen LogP contribution in [0.4, 0.5) is 0 Å². The van der Waals surface area contributed by atoms with Gasteiger partial charge < -0.3 is 31.1 Å². The van der Waals surface area contributed by atoms with Gasteiger partial charge in [-0.05, 0) is 86.5 Å². The molecule has 5 rings (SSSR count). The van der Waals surface area contributed by atoms with Crippen molar-refractivity contribution in [3.63, 3.8) is 0 Å². The molecule has 1 aromatic rings. The highest BCUT2D eigenvalue weighted by Crippen LogP contribution is 2.42. The first-order valence-corrected chi connectivity index (χ1v) is 17.2. The molecular weight excluding hydrogens is 613 g/mol. The Balaban J connectivity index is 1.50. The number of allylic oxidation sites excluding steroid dienone is 2. The zero-order valence-corrected chi connectivity index (χ0v) is 27.8. The van der Waals surface area contributed by atoms with Crippen LogP contribution in [0.5, 0.6) is 0 Å². The molecule has 4 aliphatic rings. The van der Waals surface area contributed by atoms with Crippen molar-refractivity contribution in [2.45, 2.75) is 83.6 Å². The fourth-order valence-electron chi connectivity index (χ4n) is 6.92. The standard InChI is InChI=1S/C33H42N4O6S2/c1-5-18-21(13-44)32(42)37-25(18)11-23-16(3)20(7-9-30(40)41)27(35-23)12-26-19(6-8-29(38)39)15(2)22(34-26)10-24-17(4)31(28-14-45-28)33(43)36-24/h11-12,18,21-22,24,28,34-35,44H,5-10,13-14H2,1-4H3,(H,36,43)(H,37,42)(H,38,39)(H,40,41)/b25-11-,26-12-/t18-,21-,22?,24-,28-/m1/s1. The number of thioether (sulfide) groups is 1. The minimum Gasteiger partial charge on any atom is -0.481 e. The van der Waals surface area contributed by atoms with E-state index in [1.807, 2.05) is 39.8 Å². The maximum absolute atomic E-state index is 12.7. The Bertz CT molecular complexity index is 1550. The molecule has 2 fully saturated rings. The molecule has 0 spiro atoms. The summed E-state index contributed by atoms with van der Waals surface area (Å²) in [5.74, 6) is -0.601. The molecule has 5 heterocycles.